The van der Waals surface area contributed by atoms with E-state index in [0.29, 0.717) is 17.6 Å². The molecule has 2 unspecified atom stereocenters. The van der Waals surface area contributed by atoms with E-state index in [1.54, 1.807) is 18.5 Å². The molecule has 2 aliphatic heterocycles. The van der Waals surface area contributed by atoms with Crippen LogP contribution in [-0.4, -0.2) is 47.5 Å². The molecule has 0 bridgehead atoms. The van der Waals surface area contributed by atoms with E-state index in [2.05, 4.69) is 27.4 Å². The van der Waals surface area contributed by atoms with Gasteiger partial charge < -0.3 is 10.6 Å². The van der Waals surface area contributed by atoms with Crippen LogP contribution in [0, 0.1) is 0 Å². The number of anilines is 1. The lowest BCUT2D eigenvalue weighted by atomic mass is 10.1. The molecule has 2 saturated heterocycles. The van der Waals surface area contributed by atoms with Crippen molar-refractivity contribution in [2.24, 2.45) is 0 Å². The van der Waals surface area contributed by atoms with Crippen molar-refractivity contribution in [1.29, 1.82) is 0 Å². The van der Waals surface area contributed by atoms with E-state index in [9.17, 15) is 4.79 Å². The first-order valence-corrected chi connectivity index (χ1v) is 8.02. The van der Waals surface area contributed by atoms with Gasteiger partial charge in [0, 0.05) is 31.4 Å². The lowest BCUT2D eigenvalue weighted by Gasteiger charge is -2.22. The van der Waals surface area contributed by atoms with Crippen LogP contribution >= 0.6 is 0 Å². The van der Waals surface area contributed by atoms with Crippen LogP contribution in [0.4, 0.5) is 5.69 Å². The standard InChI is InChI=1S/C16H24N4O/c1-2-7-18-14-11-17-8-5-12(14)16(21)19-13-6-10-20-9-3-4-15(13)20/h5,8,11,13,15,18H,2-4,6-7,9-10H2,1H3,(H,19,21). The molecule has 0 aromatic carbocycles. The first-order valence-electron chi connectivity index (χ1n) is 8.02. The summed E-state index contributed by atoms with van der Waals surface area (Å²) in [6.07, 6.45) is 7.98. The van der Waals surface area contributed by atoms with E-state index >= 15 is 0 Å². The van der Waals surface area contributed by atoms with Crippen molar-refractivity contribution in [3.63, 3.8) is 0 Å². The first kappa shape index (κ1) is 14.3. The van der Waals surface area contributed by atoms with Crippen LogP contribution < -0.4 is 10.6 Å². The summed E-state index contributed by atoms with van der Waals surface area (Å²) in [5.41, 5.74) is 1.54. The number of pyridine rings is 1. The molecule has 3 rings (SSSR count). The molecule has 21 heavy (non-hydrogen) atoms. The first-order chi connectivity index (χ1) is 10.3. The smallest absolute Gasteiger partial charge is 0.253 e. The molecule has 0 saturated carbocycles. The maximum Gasteiger partial charge on any atom is 0.253 e. The highest BCUT2D eigenvalue weighted by Crippen LogP contribution is 2.28. The molecule has 3 heterocycles. The number of fused-ring (bicyclic) bond motifs is 1. The average molecular weight is 288 g/mol. The predicted octanol–water partition coefficient (Wildman–Crippen LogP) is 1.87. The summed E-state index contributed by atoms with van der Waals surface area (Å²) in [7, 11) is 0. The number of hydrogen-bond donors (Lipinski definition) is 2. The number of aromatic nitrogens is 1. The molecule has 2 fully saturated rings. The quantitative estimate of drug-likeness (QED) is 0.868. The number of hydrogen-bond acceptors (Lipinski definition) is 4. The van der Waals surface area contributed by atoms with E-state index in [1.165, 1.54) is 19.4 Å². The Morgan fingerprint density at radius 2 is 2.33 bits per heavy atom. The second-order valence-electron chi connectivity index (χ2n) is 5.96. The molecule has 5 heteroatoms. The summed E-state index contributed by atoms with van der Waals surface area (Å²) in [5.74, 6) is 0.0229. The van der Waals surface area contributed by atoms with Crippen LogP contribution in [0.25, 0.3) is 0 Å². The minimum atomic E-state index is 0.0229. The van der Waals surface area contributed by atoms with Gasteiger partial charge in [0.1, 0.15) is 0 Å². The van der Waals surface area contributed by atoms with Crippen LogP contribution in [0.15, 0.2) is 18.5 Å². The van der Waals surface area contributed by atoms with E-state index in [-0.39, 0.29) is 5.91 Å². The average Bonchev–Trinajstić information content (AvgIpc) is 3.10. The molecule has 5 nitrogen and oxygen atoms in total. The van der Waals surface area contributed by atoms with Gasteiger partial charge >= 0.3 is 0 Å². The zero-order valence-electron chi connectivity index (χ0n) is 12.6. The fourth-order valence-electron chi connectivity index (χ4n) is 3.49. The third-order valence-corrected chi connectivity index (χ3v) is 4.55. The Morgan fingerprint density at radius 1 is 1.43 bits per heavy atom. The van der Waals surface area contributed by atoms with Crippen LogP contribution in [0.2, 0.25) is 0 Å². The molecule has 1 aromatic rings. The minimum Gasteiger partial charge on any atom is -0.383 e. The highest BCUT2D eigenvalue weighted by Gasteiger charge is 2.37. The van der Waals surface area contributed by atoms with Crippen LogP contribution in [-0.2, 0) is 0 Å². The van der Waals surface area contributed by atoms with Crippen molar-refractivity contribution in [2.45, 2.75) is 44.7 Å². The summed E-state index contributed by atoms with van der Waals surface area (Å²) in [5, 5.41) is 6.52. The van der Waals surface area contributed by atoms with Gasteiger partial charge in [0.05, 0.1) is 17.4 Å². The molecule has 0 spiro atoms. The number of carbonyl (C=O) groups excluding carboxylic acids is 1. The lowest BCUT2D eigenvalue weighted by molar-refractivity contribution is 0.0930. The molecule has 1 amide bonds. The second-order valence-corrected chi connectivity index (χ2v) is 5.96. The number of nitrogens with zero attached hydrogens (tertiary/aromatic N) is 2. The zero-order valence-corrected chi connectivity index (χ0v) is 12.6. The number of amides is 1. The highest BCUT2D eigenvalue weighted by atomic mass is 16.1. The Labute approximate surface area is 126 Å². The van der Waals surface area contributed by atoms with E-state index in [4.69, 9.17) is 0 Å². The van der Waals surface area contributed by atoms with Crippen molar-refractivity contribution in [2.75, 3.05) is 25.0 Å². The van der Waals surface area contributed by atoms with Crippen LogP contribution in [0.5, 0.6) is 0 Å². The predicted molar refractivity (Wildman–Crippen MR) is 83.5 cm³/mol. The normalized spacial score (nSPS) is 24.8. The molecule has 2 atom stereocenters. The monoisotopic (exact) mass is 288 g/mol. The van der Waals surface area contributed by atoms with Gasteiger partial charge in [-0.3, -0.25) is 14.7 Å². The molecular weight excluding hydrogens is 264 g/mol. The minimum absolute atomic E-state index is 0.0229. The number of nitrogens with one attached hydrogen (secondary N) is 2. The van der Waals surface area contributed by atoms with Crippen molar-refractivity contribution < 1.29 is 4.79 Å². The molecule has 0 aliphatic carbocycles. The summed E-state index contributed by atoms with van der Waals surface area (Å²) < 4.78 is 0. The van der Waals surface area contributed by atoms with Gasteiger partial charge in [0.15, 0.2) is 0 Å². The maximum atomic E-state index is 12.6. The SMILES string of the molecule is CCCNc1cnccc1C(=O)NC1CCN2CCCC12. The van der Waals surface area contributed by atoms with Gasteiger partial charge in [-0.1, -0.05) is 6.92 Å². The fraction of sp³-hybridized carbons (Fsp3) is 0.625. The van der Waals surface area contributed by atoms with Gasteiger partial charge in [-0.25, -0.2) is 0 Å². The number of rotatable bonds is 5. The van der Waals surface area contributed by atoms with Crippen molar-refractivity contribution >= 4 is 11.6 Å². The maximum absolute atomic E-state index is 12.6. The molecule has 2 N–H and O–H groups in total. The summed E-state index contributed by atoms with van der Waals surface area (Å²) in [4.78, 5) is 19.2. The molecule has 0 radical (unpaired) electrons. The Kier molecular flexibility index (Phi) is 4.39. The topological polar surface area (TPSA) is 57.3 Å². The lowest BCUT2D eigenvalue weighted by Crippen LogP contribution is -2.42. The van der Waals surface area contributed by atoms with Gasteiger partial charge in [0.2, 0.25) is 0 Å². The van der Waals surface area contributed by atoms with Crippen molar-refractivity contribution in [3.05, 3.63) is 24.0 Å². The van der Waals surface area contributed by atoms with Gasteiger partial charge in [0.25, 0.3) is 5.91 Å². The molecule has 114 valence electrons. The van der Waals surface area contributed by atoms with Crippen molar-refractivity contribution in [3.8, 4) is 0 Å². The Bertz CT molecular complexity index is 505. The van der Waals surface area contributed by atoms with Gasteiger partial charge in [-0.15, -0.1) is 0 Å². The molecule has 2 aliphatic rings. The summed E-state index contributed by atoms with van der Waals surface area (Å²) in [6, 6.07) is 2.64. The fourth-order valence-corrected chi connectivity index (χ4v) is 3.49. The third-order valence-electron chi connectivity index (χ3n) is 4.55. The Morgan fingerprint density at radius 3 is 3.19 bits per heavy atom. The highest BCUT2D eigenvalue weighted by molar-refractivity contribution is 5.99. The van der Waals surface area contributed by atoms with Gasteiger partial charge in [-0.05, 0) is 38.3 Å². The Balaban J connectivity index is 1.68. The van der Waals surface area contributed by atoms with Crippen LogP contribution in [0.3, 0.4) is 0 Å². The van der Waals surface area contributed by atoms with Gasteiger partial charge in [-0.2, -0.15) is 0 Å². The zero-order chi connectivity index (χ0) is 14.7. The van der Waals surface area contributed by atoms with E-state index < -0.39 is 0 Å². The molecular formula is C16H24N4O. The van der Waals surface area contributed by atoms with Crippen LogP contribution in [0.1, 0.15) is 43.0 Å². The van der Waals surface area contributed by atoms with E-state index in [1.807, 2.05) is 0 Å². The second kappa shape index (κ2) is 6.43. The number of carbonyl (C=O) groups is 1. The third kappa shape index (κ3) is 3.02. The van der Waals surface area contributed by atoms with Crippen molar-refractivity contribution in [1.82, 2.24) is 15.2 Å². The largest absolute Gasteiger partial charge is 0.383 e. The molecule has 1 aromatic heterocycles. The Hall–Kier alpha value is -1.62. The summed E-state index contributed by atoms with van der Waals surface area (Å²) in [6.45, 7) is 5.27. The summed E-state index contributed by atoms with van der Waals surface area (Å²) >= 11 is 0. The van der Waals surface area contributed by atoms with E-state index in [0.717, 1.165) is 31.6 Å².